The molecule has 0 amide bonds. The number of ether oxygens (including phenoxy) is 1. The summed E-state index contributed by atoms with van der Waals surface area (Å²) in [6.45, 7) is 9.85. The SMILES string of the molecule is Cc1cc(C)c2c(c1C)O[C@@](C)(CCN(C)C)C2. The molecule has 18 heavy (non-hydrogen) atoms. The third-order valence-corrected chi connectivity index (χ3v) is 4.10. The Kier molecular flexibility index (Phi) is 3.41. The monoisotopic (exact) mass is 247 g/mol. The second-order valence-electron chi connectivity index (χ2n) is 6.23. The summed E-state index contributed by atoms with van der Waals surface area (Å²) < 4.78 is 6.31. The maximum absolute atomic E-state index is 6.31. The van der Waals surface area contributed by atoms with Crippen molar-refractivity contribution >= 4 is 0 Å². The average Bonchev–Trinajstić information content (AvgIpc) is 2.63. The van der Waals surface area contributed by atoms with Crippen LogP contribution in [0, 0.1) is 20.8 Å². The highest BCUT2D eigenvalue weighted by Crippen LogP contribution is 2.42. The van der Waals surface area contributed by atoms with Crippen LogP contribution in [0.25, 0.3) is 0 Å². The van der Waals surface area contributed by atoms with Gasteiger partial charge in [-0.2, -0.15) is 0 Å². The standard InChI is InChI=1S/C16H25NO/c1-11-9-12(2)14-10-16(4,7-8-17(5)6)18-15(14)13(11)3/h9H,7-8,10H2,1-6H3/t16-/m0/s1. The van der Waals surface area contributed by atoms with Crippen LogP contribution in [0.15, 0.2) is 6.07 Å². The maximum Gasteiger partial charge on any atom is 0.126 e. The Morgan fingerprint density at radius 2 is 1.89 bits per heavy atom. The molecular weight excluding hydrogens is 222 g/mol. The molecule has 1 aliphatic rings. The van der Waals surface area contributed by atoms with Crippen LogP contribution < -0.4 is 4.74 Å². The molecule has 0 unspecified atom stereocenters. The smallest absolute Gasteiger partial charge is 0.126 e. The van der Waals surface area contributed by atoms with Gasteiger partial charge in [0.15, 0.2) is 0 Å². The van der Waals surface area contributed by atoms with Crippen LogP contribution >= 0.6 is 0 Å². The Labute approximate surface area is 111 Å². The van der Waals surface area contributed by atoms with Gasteiger partial charge in [-0.15, -0.1) is 0 Å². The van der Waals surface area contributed by atoms with Crippen molar-refractivity contribution in [1.29, 1.82) is 0 Å². The average molecular weight is 247 g/mol. The highest BCUT2D eigenvalue weighted by molar-refractivity contribution is 5.52. The van der Waals surface area contributed by atoms with Crippen LogP contribution in [-0.2, 0) is 6.42 Å². The van der Waals surface area contributed by atoms with Gasteiger partial charge >= 0.3 is 0 Å². The summed E-state index contributed by atoms with van der Waals surface area (Å²) in [6, 6.07) is 2.29. The number of benzene rings is 1. The zero-order valence-corrected chi connectivity index (χ0v) is 12.6. The quantitative estimate of drug-likeness (QED) is 0.813. The van der Waals surface area contributed by atoms with E-state index in [0.29, 0.717) is 0 Å². The molecule has 0 fully saturated rings. The Hall–Kier alpha value is -1.02. The lowest BCUT2D eigenvalue weighted by atomic mass is 9.91. The van der Waals surface area contributed by atoms with Crippen LogP contribution in [0.4, 0.5) is 0 Å². The first kappa shape index (κ1) is 13.4. The Morgan fingerprint density at radius 3 is 2.50 bits per heavy atom. The van der Waals surface area contributed by atoms with Gasteiger partial charge in [0.1, 0.15) is 11.4 Å². The first-order chi connectivity index (χ1) is 8.32. The molecule has 1 atom stereocenters. The number of hydrogen-bond acceptors (Lipinski definition) is 2. The van der Waals surface area contributed by atoms with Crippen molar-refractivity contribution in [2.45, 2.75) is 46.1 Å². The van der Waals surface area contributed by atoms with Crippen molar-refractivity contribution in [3.05, 3.63) is 28.3 Å². The van der Waals surface area contributed by atoms with E-state index in [9.17, 15) is 0 Å². The zero-order valence-electron chi connectivity index (χ0n) is 12.6. The summed E-state index contributed by atoms with van der Waals surface area (Å²) in [7, 11) is 4.23. The molecule has 0 bridgehead atoms. The van der Waals surface area contributed by atoms with Crippen molar-refractivity contribution in [3.8, 4) is 5.75 Å². The molecular formula is C16H25NO. The molecule has 1 aromatic rings. The largest absolute Gasteiger partial charge is 0.487 e. The lowest BCUT2D eigenvalue weighted by Crippen LogP contribution is -2.34. The van der Waals surface area contributed by atoms with Crippen LogP contribution in [0.1, 0.15) is 35.6 Å². The molecule has 0 radical (unpaired) electrons. The second kappa shape index (κ2) is 4.58. The number of hydrogen-bond donors (Lipinski definition) is 0. The van der Waals surface area contributed by atoms with Gasteiger partial charge in [0.2, 0.25) is 0 Å². The summed E-state index contributed by atoms with van der Waals surface area (Å²) in [6.07, 6.45) is 2.12. The van der Waals surface area contributed by atoms with Crippen molar-refractivity contribution in [2.75, 3.05) is 20.6 Å². The molecule has 2 heteroatoms. The first-order valence-corrected chi connectivity index (χ1v) is 6.76. The minimum absolute atomic E-state index is 0.0318. The van der Waals surface area contributed by atoms with Gasteiger partial charge in [-0.05, 0) is 64.9 Å². The van der Waals surface area contributed by atoms with E-state index >= 15 is 0 Å². The van der Waals surface area contributed by atoms with Crippen LogP contribution in [-0.4, -0.2) is 31.1 Å². The topological polar surface area (TPSA) is 12.5 Å². The molecule has 2 nitrogen and oxygen atoms in total. The van der Waals surface area contributed by atoms with Crippen LogP contribution in [0.2, 0.25) is 0 Å². The number of nitrogens with zero attached hydrogens (tertiary/aromatic N) is 1. The predicted molar refractivity (Wildman–Crippen MR) is 76.6 cm³/mol. The Morgan fingerprint density at radius 1 is 1.22 bits per heavy atom. The van der Waals surface area contributed by atoms with E-state index in [4.69, 9.17) is 4.74 Å². The number of fused-ring (bicyclic) bond motifs is 1. The highest BCUT2D eigenvalue weighted by atomic mass is 16.5. The second-order valence-corrected chi connectivity index (χ2v) is 6.23. The summed E-state index contributed by atoms with van der Waals surface area (Å²) in [5.41, 5.74) is 5.41. The van der Waals surface area contributed by atoms with Gasteiger partial charge in [-0.3, -0.25) is 0 Å². The van der Waals surface area contributed by atoms with E-state index in [2.05, 4.69) is 52.8 Å². The molecule has 0 N–H and O–H groups in total. The third-order valence-electron chi connectivity index (χ3n) is 4.10. The van der Waals surface area contributed by atoms with Crippen LogP contribution in [0.3, 0.4) is 0 Å². The summed E-state index contributed by atoms with van der Waals surface area (Å²) in [5.74, 6) is 1.15. The molecule has 0 aliphatic carbocycles. The first-order valence-electron chi connectivity index (χ1n) is 6.76. The third kappa shape index (κ3) is 2.39. The van der Waals surface area contributed by atoms with Crippen molar-refractivity contribution in [3.63, 3.8) is 0 Å². The fourth-order valence-electron chi connectivity index (χ4n) is 2.72. The fraction of sp³-hybridized carbons (Fsp3) is 0.625. The molecule has 1 aromatic carbocycles. The number of aryl methyl sites for hydroxylation is 2. The lowest BCUT2D eigenvalue weighted by molar-refractivity contribution is 0.0950. The number of rotatable bonds is 3. The molecule has 100 valence electrons. The van der Waals surface area contributed by atoms with Gasteiger partial charge in [-0.25, -0.2) is 0 Å². The molecule has 0 saturated heterocycles. The van der Waals surface area contributed by atoms with Gasteiger partial charge < -0.3 is 9.64 Å². The van der Waals surface area contributed by atoms with E-state index in [1.165, 1.54) is 22.3 Å². The normalized spacial score (nSPS) is 22.2. The molecule has 1 heterocycles. The van der Waals surface area contributed by atoms with Gasteiger partial charge in [0, 0.05) is 18.5 Å². The van der Waals surface area contributed by atoms with Crippen molar-refractivity contribution in [1.82, 2.24) is 4.90 Å². The Bertz CT molecular complexity index is 465. The zero-order chi connectivity index (χ0) is 13.5. The van der Waals surface area contributed by atoms with Crippen LogP contribution in [0.5, 0.6) is 5.75 Å². The van der Waals surface area contributed by atoms with E-state index in [1.807, 2.05) is 0 Å². The highest BCUT2D eigenvalue weighted by Gasteiger charge is 2.36. The summed E-state index contributed by atoms with van der Waals surface area (Å²) in [5, 5.41) is 0. The minimum atomic E-state index is -0.0318. The maximum atomic E-state index is 6.31. The van der Waals surface area contributed by atoms with Gasteiger partial charge in [0.25, 0.3) is 0 Å². The molecule has 0 aromatic heterocycles. The molecule has 1 aliphatic heterocycles. The minimum Gasteiger partial charge on any atom is -0.487 e. The summed E-state index contributed by atoms with van der Waals surface area (Å²) >= 11 is 0. The van der Waals surface area contributed by atoms with Crippen molar-refractivity contribution < 1.29 is 4.74 Å². The molecule has 0 spiro atoms. The van der Waals surface area contributed by atoms with E-state index in [0.717, 1.165) is 25.1 Å². The summed E-state index contributed by atoms with van der Waals surface area (Å²) in [4.78, 5) is 2.22. The van der Waals surface area contributed by atoms with Gasteiger partial charge in [-0.1, -0.05) is 6.07 Å². The van der Waals surface area contributed by atoms with E-state index in [-0.39, 0.29) is 5.60 Å². The lowest BCUT2D eigenvalue weighted by Gasteiger charge is -2.26. The van der Waals surface area contributed by atoms with Gasteiger partial charge in [0.05, 0.1) is 0 Å². The van der Waals surface area contributed by atoms with Crippen molar-refractivity contribution in [2.24, 2.45) is 0 Å². The fourth-order valence-corrected chi connectivity index (χ4v) is 2.72. The molecule has 2 rings (SSSR count). The predicted octanol–water partition coefficient (Wildman–Crippen LogP) is 3.26. The van der Waals surface area contributed by atoms with E-state index < -0.39 is 0 Å². The Balaban J connectivity index is 2.27. The van der Waals surface area contributed by atoms with E-state index in [1.54, 1.807) is 0 Å². The molecule has 0 saturated carbocycles.